The molecule has 0 saturated carbocycles. The second kappa shape index (κ2) is 6.24. The first-order valence-corrected chi connectivity index (χ1v) is 10.6. The van der Waals surface area contributed by atoms with Crippen molar-refractivity contribution in [3.05, 3.63) is 99.8 Å². The zero-order chi connectivity index (χ0) is 23.1. The van der Waals surface area contributed by atoms with Crippen molar-refractivity contribution in [3.63, 3.8) is 0 Å². The number of carbonyl (C=O) groups excluding carboxylic acids is 2. The number of imidazole rings is 1. The maximum absolute atomic E-state index is 13.5. The lowest BCUT2D eigenvalue weighted by Crippen LogP contribution is -2.40. The molecule has 3 heterocycles. The second-order valence-corrected chi connectivity index (χ2v) is 8.24. The van der Waals surface area contributed by atoms with Crippen LogP contribution >= 0.6 is 0 Å². The molecule has 7 heteroatoms. The molecule has 0 atom stereocenters. The van der Waals surface area contributed by atoms with Crippen molar-refractivity contribution in [3.8, 4) is 6.07 Å². The van der Waals surface area contributed by atoms with Crippen LogP contribution in [0.25, 0.3) is 38.2 Å². The average molecular weight is 440 g/mol. The normalized spacial score (nSPS) is 13.4. The average Bonchev–Trinajstić information content (AvgIpc) is 3.26. The van der Waals surface area contributed by atoms with Crippen LogP contribution in [0.1, 0.15) is 26.3 Å². The fourth-order valence-corrected chi connectivity index (χ4v) is 5.03. The van der Waals surface area contributed by atoms with Gasteiger partial charge >= 0.3 is 0 Å². The van der Waals surface area contributed by atoms with Crippen LogP contribution in [0.5, 0.6) is 0 Å². The van der Waals surface area contributed by atoms with Crippen LogP contribution in [0.2, 0.25) is 0 Å². The molecule has 1 aliphatic rings. The van der Waals surface area contributed by atoms with Crippen LogP contribution in [0, 0.1) is 11.3 Å². The van der Waals surface area contributed by atoms with Crippen molar-refractivity contribution < 1.29 is 9.59 Å². The van der Waals surface area contributed by atoms with E-state index in [0.717, 1.165) is 4.90 Å². The smallest absolute Gasteiger partial charge is 0.265 e. The molecule has 0 aliphatic carbocycles. The predicted octanol–water partition coefficient (Wildman–Crippen LogP) is 4.26. The van der Waals surface area contributed by atoms with E-state index in [9.17, 15) is 19.6 Å². The van der Waals surface area contributed by atoms with E-state index in [4.69, 9.17) is 0 Å². The molecular formula is C27H12N4O3. The Morgan fingerprint density at radius 2 is 1.50 bits per heavy atom. The number of aromatic nitrogens is 2. The maximum Gasteiger partial charge on any atom is 0.265 e. The van der Waals surface area contributed by atoms with Gasteiger partial charge in [-0.05, 0) is 54.6 Å². The Morgan fingerprint density at radius 3 is 2.26 bits per heavy atom. The van der Waals surface area contributed by atoms with Gasteiger partial charge in [0.2, 0.25) is 0 Å². The minimum Gasteiger partial charge on any atom is -0.268 e. The molecule has 0 bridgehead atoms. The summed E-state index contributed by atoms with van der Waals surface area (Å²) in [5, 5.41) is 11.4. The lowest BCUT2D eigenvalue weighted by Gasteiger charge is -2.28. The molecule has 2 aromatic heterocycles. The molecule has 1 aliphatic heterocycles. The van der Waals surface area contributed by atoms with Crippen molar-refractivity contribution in [1.82, 2.24) is 9.38 Å². The summed E-state index contributed by atoms with van der Waals surface area (Å²) in [6.45, 7) is 0. The lowest BCUT2D eigenvalue weighted by atomic mass is 9.90. The van der Waals surface area contributed by atoms with E-state index in [2.05, 4.69) is 4.98 Å². The van der Waals surface area contributed by atoms with E-state index in [0.29, 0.717) is 60.6 Å². The molecular weight excluding hydrogens is 428 g/mol. The Kier molecular flexibility index (Phi) is 3.39. The third-order valence-corrected chi connectivity index (χ3v) is 6.50. The summed E-state index contributed by atoms with van der Waals surface area (Å²) in [5.74, 6) is -0.995. The van der Waals surface area contributed by atoms with Crippen LogP contribution in [0.4, 0.5) is 5.69 Å². The SMILES string of the molecule is N#Cc1cccc(N2C(=O)c3ccc4c(=O)n5c6ccccc6nc5c5ccc(c3c45)C2=O)c1. The summed E-state index contributed by atoms with van der Waals surface area (Å²) in [5.41, 5.74) is 2.97. The van der Waals surface area contributed by atoms with E-state index in [1.54, 1.807) is 46.9 Å². The molecule has 6 aromatic rings. The first-order chi connectivity index (χ1) is 16.6. The molecule has 158 valence electrons. The highest BCUT2D eigenvalue weighted by atomic mass is 16.2. The Labute approximate surface area is 191 Å². The number of para-hydroxylation sites is 2. The minimum atomic E-state index is -0.497. The number of nitriles is 1. The van der Waals surface area contributed by atoms with Crippen molar-refractivity contribution in [2.75, 3.05) is 4.90 Å². The van der Waals surface area contributed by atoms with Gasteiger partial charge in [-0.15, -0.1) is 0 Å². The zero-order valence-electron chi connectivity index (χ0n) is 17.4. The van der Waals surface area contributed by atoms with Crippen LogP contribution in [0.15, 0.2) is 77.6 Å². The highest BCUT2D eigenvalue weighted by Crippen LogP contribution is 2.38. The van der Waals surface area contributed by atoms with Gasteiger partial charge in [0.05, 0.1) is 28.4 Å². The number of hydrogen-bond acceptors (Lipinski definition) is 5. The molecule has 34 heavy (non-hydrogen) atoms. The van der Waals surface area contributed by atoms with E-state index in [1.165, 1.54) is 6.07 Å². The molecule has 0 saturated heterocycles. The summed E-state index contributed by atoms with van der Waals surface area (Å²) in [6, 6.07) is 22.5. The zero-order valence-corrected chi connectivity index (χ0v) is 17.4. The number of hydrogen-bond donors (Lipinski definition) is 0. The van der Waals surface area contributed by atoms with Crippen molar-refractivity contribution in [1.29, 1.82) is 5.26 Å². The van der Waals surface area contributed by atoms with Crippen molar-refractivity contribution in [2.24, 2.45) is 0 Å². The number of rotatable bonds is 1. The van der Waals surface area contributed by atoms with Gasteiger partial charge in [-0.2, -0.15) is 5.26 Å². The Balaban J connectivity index is 1.59. The van der Waals surface area contributed by atoms with Gasteiger partial charge in [0.1, 0.15) is 5.65 Å². The monoisotopic (exact) mass is 440 g/mol. The largest absolute Gasteiger partial charge is 0.268 e. The summed E-state index contributed by atoms with van der Waals surface area (Å²) < 4.78 is 1.58. The number of nitrogens with zero attached hydrogens (tertiary/aromatic N) is 4. The number of anilines is 1. The molecule has 0 spiro atoms. The van der Waals surface area contributed by atoms with Gasteiger partial charge in [-0.1, -0.05) is 18.2 Å². The molecule has 0 unspecified atom stereocenters. The van der Waals surface area contributed by atoms with E-state index < -0.39 is 11.8 Å². The summed E-state index contributed by atoms with van der Waals surface area (Å²) in [6.07, 6.45) is 0. The number of benzene rings is 4. The van der Waals surface area contributed by atoms with Gasteiger partial charge in [-0.25, -0.2) is 9.88 Å². The van der Waals surface area contributed by atoms with Crippen LogP contribution in [-0.2, 0) is 0 Å². The van der Waals surface area contributed by atoms with Crippen molar-refractivity contribution in [2.45, 2.75) is 0 Å². The number of imide groups is 1. The minimum absolute atomic E-state index is 0.246. The third-order valence-electron chi connectivity index (χ3n) is 6.50. The van der Waals surface area contributed by atoms with E-state index in [-0.39, 0.29) is 5.56 Å². The van der Waals surface area contributed by atoms with Gasteiger partial charge < -0.3 is 0 Å². The molecule has 0 fully saturated rings. The number of carbonyl (C=O) groups is 2. The van der Waals surface area contributed by atoms with E-state index in [1.807, 2.05) is 30.3 Å². The topological polar surface area (TPSA) is 95.5 Å². The fraction of sp³-hybridized carbons (Fsp3) is 0. The number of amides is 2. The molecule has 7 nitrogen and oxygen atoms in total. The number of pyridine rings is 1. The Morgan fingerprint density at radius 1 is 0.765 bits per heavy atom. The highest BCUT2D eigenvalue weighted by Gasteiger charge is 2.35. The molecule has 4 aromatic carbocycles. The van der Waals surface area contributed by atoms with Gasteiger partial charge in [0.15, 0.2) is 0 Å². The Hall–Kier alpha value is -5.09. The van der Waals surface area contributed by atoms with Gasteiger partial charge in [-0.3, -0.25) is 18.8 Å². The summed E-state index contributed by atoms with van der Waals surface area (Å²) >= 11 is 0. The van der Waals surface area contributed by atoms with Gasteiger partial charge in [0.25, 0.3) is 17.4 Å². The molecule has 2 amide bonds. The van der Waals surface area contributed by atoms with Crippen LogP contribution in [-0.4, -0.2) is 21.2 Å². The predicted molar refractivity (Wildman–Crippen MR) is 127 cm³/mol. The molecule has 0 radical (unpaired) electrons. The van der Waals surface area contributed by atoms with E-state index >= 15 is 0 Å². The molecule has 7 rings (SSSR count). The standard InChI is InChI=1S/C27H12N4O3/c28-13-14-4-3-5-15(12-14)30-25(32)18-9-8-16-22-17(10-11-19(23(18)22)26(30)33)27(34)31-21-7-2-1-6-20(21)29-24(16)31/h1-12H. The Bertz CT molecular complexity index is 1980. The summed E-state index contributed by atoms with van der Waals surface area (Å²) in [4.78, 5) is 46.3. The maximum atomic E-state index is 13.5. The van der Waals surface area contributed by atoms with Gasteiger partial charge in [0, 0.05) is 32.7 Å². The first kappa shape index (κ1) is 18.5. The molecule has 0 N–H and O–H groups in total. The first-order valence-electron chi connectivity index (χ1n) is 10.6. The lowest BCUT2D eigenvalue weighted by molar-refractivity contribution is 0.0893. The second-order valence-electron chi connectivity index (χ2n) is 8.24. The fourth-order valence-electron chi connectivity index (χ4n) is 5.03. The highest BCUT2D eigenvalue weighted by molar-refractivity contribution is 6.38. The number of fused-ring (bicyclic) bond motifs is 4. The van der Waals surface area contributed by atoms with Crippen LogP contribution < -0.4 is 10.5 Å². The quantitative estimate of drug-likeness (QED) is 0.356. The van der Waals surface area contributed by atoms with Crippen molar-refractivity contribution >= 4 is 55.7 Å². The van der Waals surface area contributed by atoms with Crippen LogP contribution in [0.3, 0.4) is 0 Å². The third kappa shape index (κ3) is 2.14. The summed E-state index contributed by atoms with van der Waals surface area (Å²) in [7, 11) is 0.